The van der Waals surface area contributed by atoms with Crippen LogP contribution in [-0.2, 0) is 0 Å². The van der Waals surface area contributed by atoms with Crippen molar-refractivity contribution in [3.63, 3.8) is 0 Å². The highest BCUT2D eigenvalue weighted by Gasteiger charge is 2.25. The minimum absolute atomic E-state index is 0. The highest BCUT2D eigenvalue weighted by Crippen LogP contribution is 2.43. The first-order chi connectivity index (χ1) is 8.34. The molecule has 0 spiro atoms. The Labute approximate surface area is 114 Å². The van der Waals surface area contributed by atoms with Crippen molar-refractivity contribution < 1.29 is 4.74 Å². The van der Waals surface area contributed by atoms with Crippen LogP contribution in [0.4, 0.5) is 0 Å². The van der Waals surface area contributed by atoms with Gasteiger partial charge in [0.1, 0.15) is 18.2 Å². The molecule has 1 saturated carbocycles. The van der Waals surface area contributed by atoms with Crippen molar-refractivity contribution in [2.24, 2.45) is 4.99 Å². The van der Waals surface area contributed by atoms with Crippen molar-refractivity contribution >= 4 is 18.2 Å². The predicted molar refractivity (Wildman–Crippen MR) is 76.2 cm³/mol. The van der Waals surface area contributed by atoms with Crippen LogP contribution in [0.15, 0.2) is 23.2 Å². The second kappa shape index (κ2) is 5.61. The number of ether oxygens (including phenoxy) is 1. The summed E-state index contributed by atoms with van der Waals surface area (Å²) >= 11 is 0. The number of halogens is 1. The van der Waals surface area contributed by atoms with E-state index in [2.05, 4.69) is 35.4 Å². The highest BCUT2D eigenvalue weighted by atomic mass is 35.5. The molecule has 2 aliphatic rings. The van der Waals surface area contributed by atoms with Crippen LogP contribution < -0.4 is 10.1 Å². The molecule has 1 aromatic rings. The third-order valence-electron chi connectivity index (χ3n) is 3.45. The van der Waals surface area contributed by atoms with Gasteiger partial charge >= 0.3 is 0 Å². The zero-order valence-electron chi connectivity index (χ0n) is 10.6. The Bertz CT molecular complexity index is 455. The van der Waals surface area contributed by atoms with Gasteiger partial charge in [-0.2, -0.15) is 0 Å². The van der Waals surface area contributed by atoms with Crippen LogP contribution >= 0.6 is 12.4 Å². The van der Waals surface area contributed by atoms with Crippen LogP contribution in [0.1, 0.15) is 29.9 Å². The highest BCUT2D eigenvalue weighted by molar-refractivity contribution is 5.85. The Kier molecular flexibility index (Phi) is 4.12. The van der Waals surface area contributed by atoms with E-state index in [1.807, 2.05) is 0 Å². The van der Waals surface area contributed by atoms with E-state index in [1.165, 1.54) is 24.0 Å². The van der Waals surface area contributed by atoms with Crippen molar-refractivity contribution in [1.29, 1.82) is 0 Å². The summed E-state index contributed by atoms with van der Waals surface area (Å²) in [4.78, 5) is 4.33. The molecule has 1 fully saturated rings. The second-order valence-corrected chi connectivity index (χ2v) is 4.79. The molecule has 0 saturated heterocycles. The van der Waals surface area contributed by atoms with Gasteiger partial charge in [0.25, 0.3) is 0 Å². The van der Waals surface area contributed by atoms with Gasteiger partial charge in [-0.15, -0.1) is 12.4 Å². The van der Waals surface area contributed by atoms with E-state index in [0.717, 1.165) is 30.6 Å². The van der Waals surface area contributed by atoms with Crippen molar-refractivity contribution in [2.45, 2.75) is 25.7 Å². The zero-order valence-corrected chi connectivity index (χ0v) is 11.4. The molecular formula is C14H19ClN2O. The van der Waals surface area contributed by atoms with E-state index in [4.69, 9.17) is 4.74 Å². The van der Waals surface area contributed by atoms with Gasteiger partial charge in [-0.3, -0.25) is 4.99 Å². The largest absolute Gasteiger partial charge is 0.485 e. The summed E-state index contributed by atoms with van der Waals surface area (Å²) in [6, 6.07) is 6.38. The number of amidine groups is 1. The van der Waals surface area contributed by atoms with Crippen molar-refractivity contribution in [3.8, 4) is 5.75 Å². The molecule has 0 amide bonds. The minimum Gasteiger partial charge on any atom is -0.485 e. The van der Waals surface area contributed by atoms with Gasteiger partial charge in [-0.1, -0.05) is 12.1 Å². The van der Waals surface area contributed by atoms with Gasteiger partial charge in [-0.25, -0.2) is 0 Å². The quantitative estimate of drug-likeness (QED) is 0.909. The van der Waals surface area contributed by atoms with Crippen LogP contribution in [0.5, 0.6) is 5.75 Å². The fraction of sp³-hybridized carbons (Fsp3) is 0.500. The molecular weight excluding hydrogens is 248 g/mol. The first-order valence-corrected chi connectivity index (χ1v) is 6.34. The molecule has 3 rings (SSSR count). The molecule has 1 aromatic carbocycles. The molecule has 1 aliphatic heterocycles. The smallest absolute Gasteiger partial charge is 0.145 e. The van der Waals surface area contributed by atoms with Crippen LogP contribution in [0.25, 0.3) is 0 Å². The minimum atomic E-state index is 0. The van der Waals surface area contributed by atoms with E-state index in [9.17, 15) is 0 Å². The summed E-state index contributed by atoms with van der Waals surface area (Å²) in [6.45, 7) is 4.54. The molecule has 1 aliphatic carbocycles. The third-order valence-corrected chi connectivity index (χ3v) is 3.45. The normalized spacial score (nSPS) is 17.7. The van der Waals surface area contributed by atoms with Crippen molar-refractivity contribution in [3.05, 3.63) is 29.3 Å². The van der Waals surface area contributed by atoms with E-state index in [1.54, 1.807) is 0 Å². The maximum Gasteiger partial charge on any atom is 0.145 e. The van der Waals surface area contributed by atoms with Gasteiger partial charge < -0.3 is 10.1 Å². The van der Waals surface area contributed by atoms with Gasteiger partial charge in [-0.05, 0) is 42.9 Å². The molecule has 1 heterocycles. The molecule has 0 radical (unpaired) electrons. The SMILES string of the molecule is Cc1c(OCC2=NCCN2)cccc1C1CC1.Cl. The van der Waals surface area contributed by atoms with Gasteiger partial charge in [0.05, 0.1) is 6.54 Å². The first-order valence-electron chi connectivity index (χ1n) is 6.34. The third kappa shape index (κ3) is 2.78. The van der Waals surface area contributed by atoms with Crippen LogP contribution in [0.2, 0.25) is 0 Å². The van der Waals surface area contributed by atoms with Gasteiger partial charge in [0.2, 0.25) is 0 Å². The summed E-state index contributed by atoms with van der Waals surface area (Å²) in [6.07, 6.45) is 2.66. The molecule has 1 N–H and O–H groups in total. The van der Waals surface area contributed by atoms with E-state index < -0.39 is 0 Å². The average molecular weight is 267 g/mol. The molecule has 4 heteroatoms. The maximum absolute atomic E-state index is 5.85. The number of rotatable bonds is 4. The average Bonchev–Trinajstić information content (AvgIpc) is 3.04. The number of hydrogen-bond acceptors (Lipinski definition) is 3. The summed E-state index contributed by atoms with van der Waals surface area (Å²) in [5.41, 5.74) is 2.76. The Morgan fingerprint density at radius 3 is 2.89 bits per heavy atom. The summed E-state index contributed by atoms with van der Waals surface area (Å²) in [7, 11) is 0. The lowest BCUT2D eigenvalue weighted by Crippen LogP contribution is -2.25. The summed E-state index contributed by atoms with van der Waals surface area (Å²) < 4.78 is 5.85. The molecule has 0 bridgehead atoms. The van der Waals surface area contributed by atoms with Crippen molar-refractivity contribution in [1.82, 2.24) is 5.32 Å². The molecule has 0 unspecified atom stereocenters. The summed E-state index contributed by atoms with van der Waals surface area (Å²) in [5.74, 6) is 2.76. The monoisotopic (exact) mass is 266 g/mol. The number of nitrogens with zero attached hydrogens (tertiary/aromatic N) is 1. The molecule has 3 nitrogen and oxygen atoms in total. The van der Waals surface area contributed by atoms with E-state index >= 15 is 0 Å². The molecule has 0 atom stereocenters. The number of nitrogens with one attached hydrogen (secondary N) is 1. The lowest BCUT2D eigenvalue weighted by atomic mass is 10.0. The Balaban J connectivity index is 0.00000120. The molecule has 98 valence electrons. The Morgan fingerprint density at radius 1 is 1.39 bits per heavy atom. The van der Waals surface area contributed by atoms with Crippen LogP contribution in [0, 0.1) is 6.92 Å². The first kappa shape index (κ1) is 13.2. The summed E-state index contributed by atoms with van der Waals surface area (Å²) in [5, 5.41) is 3.22. The number of aliphatic imine (C=N–C) groups is 1. The zero-order chi connectivity index (χ0) is 11.7. The Morgan fingerprint density at radius 2 is 2.22 bits per heavy atom. The predicted octanol–water partition coefficient (Wildman–Crippen LogP) is 2.67. The lowest BCUT2D eigenvalue weighted by molar-refractivity contribution is 0.370. The van der Waals surface area contributed by atoms with E-state index in [-0.39, 0.29) is 12.4 Å². The Hall–Kier alpha value is -1.22. The topological polar surface area (TPSA) is 33.6 Å². The molecule has 0 aromatic heterocycles. The number of hydrogen-bond donors (Lipinski definition) is 1. The molecule has 18 heavy (non-hydrogen) atoms. The lowest BCUT2D eigenvalue weighted by Gasteiger charge is -2.12. The van der Waals surface area contributed by atoms with E-state index in [0.29, 0.717) is 6.61 Å². The van der Waals surface area contributed by atoms with Gasteiger partial charge in [0, 0.05) is 6.54 Å². The standard InChI is InChI=1S/C14H18N2O.ClH/c1-10-12(11-5-6-11)3-2-4-13(10)17-9-14-15-7-8-16-14;/h2-4,11H,5-9H2,1H3,(H,15,16);1H. The number of benzene rings is 1. The van der Waals surface area contributed by atoms with Gasteiger partial charge in [0.15, 0.2) is 0 Å². The van der Waals surface area contributed by atoms with Crippen LogP contribution in [0.3, 0.4) is 0 Å². The van der Waals surface area contributed by atoms with Crippen LogP contribution in [-0.4, -0.2) is 25.5 Å². The fourth-order valence-corrected chi connectivity index (χ4v) is 2.31. The maximum atomic E-state index is 5.85. The second-order valence-electron chi connectivity index (χ2n) is 4.79. The fourth-order valence-electron chi connectivity index (χ4n) is 2.31. The van der Waals surface area contributed by atoms with Crippen molar-refractivity contribution in [2.75, 3.05) is 19.7 Å².